The molecule has 1 unspecified atom stereocenters. The van der Waals surface area contributed by atoms with Crippen molar-refractivity contribution in [1.29, 1.82) is 0 Å². The molecule has 0 aliphatic carbocycles. The standard InChI is InChI=1S/C10H11BrFNO2S2/c11-9-2-1-8(5-10(9)12)17(14,15)13-7-3-4-16-6-7/h1-2,5,7,13H,3-4,6H2. The van der Waals surface area contributed by atoms with E-state index in [1.165, 1.54) is 12.1 Å². The Morgan fingerprint density at radius 2 is 2.24 bits per heavy atom. The maximum atomic E-state index is 13.3. The lowest BCUT2D eigenvalue weighted by atomic mass is 10.3. The Labute approximate surface area is 112 Å². The van der Waals surface area contributed by atoms with Crippen LogP contribution in [0.1, 0.15) is 6.42 Å². The summed E-state index contributed by atoms with van der Waals surface area (Å²) in [5, 5.41) is 0. The van der Waals surface area contributed by atoms with Crippen LogP contribution < -0.4 is 4.72 Å². The molecule has 0 amide bonds. The Balaban J connectivity index is 2.21. The molecule has 1 atom stereocenters. The largest absolute Gasteiger partial charge is 0.240 e. The summed E-state index contributed by atoms with van der Waals surface area (Å²) in [6.45, 7) is 0. The molecular weight excluding hydrogens is 329 g/mol. The third kappa shape index (κ3) is 3.21. The molecule has 17 heavy (non-hydrogen) atoms. The van der Waals surface area contributed by atoms with Crippen molar-refractivity contribution >= 4 is 37.7 Å². The number of benzene rings is 1. The van der Waals surface area contributed by atoms with Crippen molar-refractivity contribution in [2.24, 2.45) is 0 Å². The van der Waals surface area contributed by atoms with Crippen LogP contribution in [-0.4, -0.2) is 26.0 Å². The van der Waals surface area contributed by atoms with Crippen LogP contribution >= 0.6 is 27.7 Å². The van der Waals surface area contributed by atoms with Crippen LogP contribution in [0, 0.1) is 5.82 Å². The van der Waals surface area contributed by atoms with Crippen molar-refractivity contribution < 1.29 is 12.8 Å². The van der Waals surface area contributed by atoms with Crippen molar-refractivity contribution in [2.75, 3.05) is 11.5 Å². The average Bonchev–Trinajstić information content (AvgIpc) is 2.73. The van der Waals surface area contributed by atoms with Crippen molar-refractivity contribution in [3.05, 3.63) is 28.5 Å². The molecule has 3 nitrogen and oxygen atoms in total. The summed E-state index contributed by atoms with van der Waals surface area (Å²) in [5.74, 6) is 1.16. The van der Waals surface area contributed by atoms with Gasteiger partial charge in [-0.2, -0.15) is 11.8 Å². The van der Waals surface area contributed by atoms with Gasteiger partial charge in [0.15, 0.2) is 0 Å². The molecule has 1 aliphatic rings. The zero-order chi connectivity index (χ0) is 12.5. The Morgan fingerprint density at radius 3 is 2.82 bits per heavy atom. The molecule has 0 bridgehead atoms. The number of thioether (sulfide) groups is 1. The van der Waals surface area contributed by atoms with Crippen molar-refractivity contribution in [1.82, 2.24) is 4.72 Å². The molecule has 1 N–H and O–H groups in total. The highest BCUT2D eigenvalue weighted by Crippen LogP contribution is 2.22. The molecule has 94 valence electrons. The first kappa shape index (κ1) is 13.3. The highest BCUT2D eigenvalue weighted by Gasteiger charge is 2.23. The van der Waals surface area contributed by atoms with E-state index in [0.29, 0.717) is 0 Å². The number of hydrogen-bond donors (Lipinski definition) is 1. The van der Waals surface area contributed by atoms with Crippen molar-refractivity contribution in [3.8, 4) is 0 Å². The van der Waals surface area contributed by atoms with Gasteiger partial charge >= 0.3 is 0 Å². The first-order valence-corrected chi connectivity index (χ1v) is 8.47. The molecule has 0 spiro atoms. The van der Waals surface area contributed by atoms with Gasteiger partial charge in [-0.15, -0.1) is 0 Å². The van der Waals surface area contributed by atoms with Crippen LogP contribution in [-0.2, 0) is 10.0 Å². The summed E-state index contributed by atoms with van der Waals surface area (Å²) in [5.41, 5.74) is 0. The summed E-state index contributed by atoms with van der Waals surface area (Å²) in [6.07, 6.45) is 0.822. The fourth-order valence-electron chi connectivity index (χ4n) is 1.56. The van der Waals surface area contributed by atoms with Crippen LogP contribution in [0.4, 0.5) is 4.39 Å². The Morgan fingerprint density at radius 1 is 1.47 bits per heavy atom. The Bertz CT molecular complexity index is 515. The second kappa shape index (κ2) is 5.26. The zero-order valence-corrected chi connectivity index (χ0v) is 12.0. The van der Waals surface area contributed by atoms with E-state index in [0.717, 1.165) is 24.0 Å². The first-order chi connectivity index (χ1) is 7.99. The highest BCUT2D eigenvalue weighted by atomic mass is 79.9. The van der Waals surface area contributed by atoms with Crippen LogP contribution in [0.15, 0.2) is 27.6 Å². The molecular formula is C10H11BrFNO2S2. The molecule has 1 saturated heterocycles. The second-order valence-corrected chi connectivity index (χ2v) is 7.48. The zero-order valence-electron chi connectivity index (χ0n) is 8.82. The molecule has 0 aromatic heterocycles. The van der Waals surface area contributed by atoms with Gasteiger partial charge in [0.2, 0.25) is 10.0 Å². The third-order valence-corrected chi connectivity index (χ3v) is 5.78. The number of hydrogen-bond acceptors (Lipinski definition) is 3. The minimum Gasteiger partial charge on any atom is -0.207 e. The smallest absolute Gasteiger partial charge is 0.207 e. The van der Waals surface area contributed by atoms with E-state index in [9.17, 15) is 12.8 Å². The molecule has 2 rings (SSSR count). The quantitative estimate of drug-likeness (QED) is 0.919. The number of rotatable bonds is 3. The molecule has 1 fully saturated rings. The van der Waals surface area contributed by atoms with Crippen LogP contribution in [0.3, 0.4) is 0 Å². The predicted molar refractivity (Wildman–Crippen MR) is 70.2 cm³/mol. The molecule has 1 aliphatic heterocycles. The predicted octanol–water partition coefficient (Wildman–Crippen LogP) is 2.37. The van der Waals surface area contributed by atoms with Gasteiger partial charge < -0.3 is 0 Å². The van der Waals surface area contributed by atoms with Crippen molar-refractivity contribution in [3.63, 3.8) is 0 Å². The topological polar surface area (TPSA) is 46.2 Å². The third-order valence-electron chi connectivity index (χ3n) is 2.45. The normalized spacial score (nSPS) is 20.7. The minimum absolute atomic E-state index is 0.0323. The van der Waals surface area contributed by atoms with E-state index < -0.39 is 15.8 Å². The summed E-state index contributed by atoms with van der Waals surface area (Å²) in [4.78, 5) is -0.0323. The maximum absolute atomic E-state index is 13.3. The summed E-state index contributed by atoms with van der Waals surface area (Å²) in [7, 11) is -3.61. The fourth-order valence-corrected chi connectivity index (χ4v) is 4.35. The monoisotopic (exact) mass is 339 g/mol. The van der Waals surface area contributed by atoms with Gasteiger partial charge in [0.05, 0.1) is 9.37 Å². The molecule has 1 aromatic carbocycles. The van der Waals surface area contributed by atoms with Gasteiger partial charge in [-0.3, -0.25) is 0 Å². The van der Waals surface area contributed by atoms with Crippen LogP contribution in [0.25, 0.3) is 0 Å². The highest BCUT2D eigenvalue weighted by molar-refractivity contribution is 9.10. The number of halogens is 2. The van der Waals surface area contributed by atoms with E-state index in [1.807, 2.05) is 0 Å². The molecule has 0 saturated carbocycles. The van der Waals surface area contributed by atoms with Gasteiger partial charge in [-0.25, -0.2) is 17.5 Å². The lowest BCUT2D eigenvalue weighted by Crippen LogP contribution is -2.34. The first-order valence-electron chi connectivity index (χ1n) is 5.04. The van der Waals surface area contributed by atoms with Crippen molar-refractivity contribution in [2.45, 2.75) is 17.4 Å². The SMILES string of the molecule is O=S(=O)(NC1CCSC1)c1ccc(Br)c(F)c1. The average molecular weight is 340 g/mol. The minimum atomic E-state index is -3.61. The summed E-state index contributed by atoms with van der Waals surface area (Å²) < 4.78 is 40.0. The molecule has 1 heterocycles. The van der Waals surface area contributed by atoms with E-state index in [1.54, 1.807) is 11.8 Å². The summed E-state index contributed by atoms with van der Waals surface area (Å²) in [6, 6.07) is 3.76. The van der Waals surface area contributed by atoms with Gasteiger partial charge in [-0.05, 0) is 46.3 Å². The van der Waals surface area contributed by atoms with Crippen LogP contribution in [0.5, 0.6) is 0 Å². The molecule has 7 heteroatoms. The lowest BCUT2D eigenvalue weighted by Gasteiger charge is -2.12. The van der Waals surface area contributed by atoms with Gasteiger partial charge in [0.1, 0.15) is 5.82 Å². The second-order valence-electron chi connectivity index (χ2n) is 3.76. The van der Waals surface area contributed by atoms with Gasteiger partial charge in [0.25, 0.3) is 0 Å². The maximum Gasteiger partial charge on any atom is 0.240 e. The fraction of sp³-hybridized carbons (Fsp3) is 0.400. The Kier molecular flexibility index (Phi) is 4.12. The summed E-state index contributed by atoms with van der Waals surface area (Å²) >= 11 is 4.71. The van der Waals surface area contributed by atoms with E-state index in [-0.39, 0.29) is 15.4 Å². The van der Waals surface area contributed by atoms with E-state index >= 15 is 0 Å². The number of nitrogens with one attached hydrogen (secondary N) is 1. The van der Waals surface area contributed by atoms with E-state index in [2.05, 4.69) is 20.7 Å². The van der Waals surface area contributed by atoms with E-state index in [4.69, 9.17) is 0 Å². The van der Waals surface area contributed by atoms with Crippen LogP contribution in [0.2, 0.25) is 0 Å². The molecule has 1 aromatic rings. The van der Waals surface area contributed by atoms with Gasteiger partial charge in [0, 0.05) is 11.8 Å². The molecule has 0 radical (unpaired) electrons. The Hall–Kier alpha value is -0.110. The van der Waals surface area contributed by atoms with Gasteiger partial charge in [-0.1, -0.05) is 0 Å². The number of sulfonamides is 1. The lowest BCUT2D eigenvalue weighted by molar-refractivity contribution is 0.560.